The molecule has 0 aromatic heterocycles. The van der Waals surface area contributed by atoms with E-state index in [0.29, 0.717) is 12.6 Å². The predicted octanol–water partition coefficient (Wildman–Crippen LogP) is 0.0406. The van der Waals surface area contributed by atoms with Crippen molar-refractivity contribution in [2.75, 3.05) is 32.7 Å². The average molecular weight is 182 g/mol. The molecule has 0 radical (unpaired) electrons. The maximum absolute atomic E-state index is 8.39. The van der Waals surface area contributed by atoms with Crippen LogP contribution in [0.1, 0.15) is 13.8 Å². The zero-order chi connectivity index (χ0) is 9.68. The fraction of sp³-hybridized carbons (Fsp3) is 0.889. The minimum Gasteiger partial charge on any atom is -0.298 e. The van der Waals surface area contributed by atoms with Gasteiger partial charge in [0.25, 0.3) is 0 Å². The molecule has 0 aromatic rings. The molecule has 4 nitrogen and oxygen atoms in total. The number of piperazine rings is 1. The molecular weight excluding hydrogens is 164 g/mol. The molecule has 4 heteroatoms. The van der Waals surface area contributed by atoms with E-state index < -0.39 is 0 Å². The average Bonchev–Trinajstić information content (AvgIpc) is 2.15. The van der Waals surface area contributed by atoms with Gasteiger partial charge >= 0.3 is 0 Å². The highest BCUT2D eigenvalue weighted by Crippen LogP contribution is 2.03. The normalized spacial score (nSPS) is 20.5. The Morgan fingerprint density at radius 3 is 2.38 bits per heavy atom. The van der Waals surface area contributed by atoms with Gasteiger partial charge in [-0.3, -0.25) is 4.90 Å². The van der Waals surface area contributed by atoms with Crippen LogP contribution in [0.3, 0.4) is 0 Å². The summed E-state index contributed by atoms with van der Waals surface area (Å²) in [4.78, 5) is 2.45. The largest absolute Gasteiger partial charge is 0.298 e. The number of nitrogens with zero attached hydrogens (tertiary/aromatic N) is 3. The molecule has 0 aromatic carbocycles. The summed E-state index contributed by atoms with van der Waals surface area (Å²) in [7, 11) is 0. The number of hydrogen-bond acceptors (Lipinski definition) is 4. The number of rotatable bonds is 3. The molecule has 1 heterocycles. The highest BCUT2D eigenvalue weighted by molar-refractivity contribution is 4.76. The van der Waals surface area contributed by atoms with Crippen LogP contribution in [0, 0.1) is 11.3 Å². The van der Waals surface area contributed by atoms with Gasteiger partial charge in [0.1, 0.15) is 0 Å². The van der Waals surface area contributed by atoms with Crippen LogP contribution in [-0.4, -0.2) is 48.7 Å². The van der Waals surface area contributed by atoms with Crippen LogP contribution in [0.15, 0.2) is 0 Å². The zero-order valence-electron chi connectivity index (χ0n) is 8.45. The zero-order valence-corrected chi connectivity index (χ0v) is 8.45. The van der Waals surface area contributed by atoms with Gasteiger partial charge in [-0.2, -0.15) is 5.26 Å². The van der Waals surface area contributed by atoms with Gasteiger partial charge in [0.2, 0.25) is 0 Å². The second-order valence-corrected chi connectivity index (χ2v) is 3.61. The minimum atomic E-state index is 0.418. The van der Waals surface area contributed by atoms with E-state index in [0.717, 1.165) is 26.2 Å². The van der Waals surface area contributed by atoms with E-state index in [2.05, 4.69) is 35.3 Å². The van der Waals surface area contributed by atoms with Crippen molar-refractivity contribution in [3.63, 3.8) is 0 Å². The highest BCUT2D eigenvalue weighted by Gasteiger charge is 2.17. The summed E-state index contributed by atoms with van der Waals surface area (Å²) < 4.78 is 0. The summed E-state index contributed by atoms with van der Waals surface area (Å²) >= 11 is 0. The highest BCUT2D eigenvalue weighted by atomic mass is 15.5. The van der Waals surface area contributed by atoms with Crippen molar-refractivity contribution in [1.82, 2.24) is 15.3 Å². The summed E-state index contributed by atoms with van der Waals surface area (Å²) in [5.41, 5.74) is 3.08. The Hall–Kier alpha value is -0.630. The Morgan fingerprint density at radius 1 is 1.31 bits per heavy atom. The van der Waals surface area contributed by atoms with Crippen LogP contribution in [0.2, 0.25) is 0 Å². The van der Waals surface area contributed by atoms with Crippen molar-refractivity contribution in [3.05, 3.63) is 0 Å². The van der Waals surface area contributed by atoms with Crippen LogP contribution < -0.4 is 5.43 Å². The third-order valence-corrected chi connectivity index (χ3v) is 2.43. The molecule has 0 saturated carbocycles. The Balaban J connectivity index is 2.19. The molecule has 0 aliphatic carbocycles. The lowest BCUT2D eigenvalue weighted by Gasteiger charge is -2.36. The van der Waals surface area contributed by atoms with E-state index in [9.17, 15) is 0 Å². The lowest BCUT2D eigenvalue weighted by atomic mass is 10.2. The monoisotopic (exact) mass is 182 g/mol. The van der Waals surface area contributed by atoms with Crippen molar-refractivity contribution in [3.8, 4) is 6.07 Å². The standard InChI is InChI=1S/C9H18N4/c1-9(2)12-5-7-13(8-6-12)11-4-3-10/h9,11H,4-8H2,1-2H3. The Morgan fingerprint density at radius 2 is 1.92 bits per heavy atom. The second-order valence-electron chi connectivity index (χ2n) is 3.61. The molecule has 0 bridgehead atoms. The second kappa shape index (κ2) is 5.18. The van der Waals surface area contributed by atoms with Gasteiger partial charge in [-0.15, -0.1) is 0 Å². The summed E-state index contributed by atoms with van der Waals surface area (Å²) in [6.45, 7) is 9.07. The van der Waals surface area contributed by atoms with Crippen LogP contribution in [0.5, 0.6) is 0 Å². The van der Waals surface area contributed by atoms with E-state index in [-0.39, 0.29) is 0 Å². The fourth-order valence-corrected chi connectivity index (χ4v) is 1.54. The van der Waals surface area contributed by atoms with E-state index >= 15 is 0 Å². The molecule has 0 atom stereocenters. The number of nitriles is 1. The summed E-state index contributed by atoms with van der Waals surface area (Å²) in [6, 6.07) is 2.72. The first-order valence-electron chi connectivity index (χ1n) is 4.83. The maximum atomic E-state index is 8.39. The molecule has 1 rings (SSSR count). The molecule has 1 aliphatic rings. The van der Waals surface area contributed by atoms with Crippen LogP contribution in [-0.2, 0) is 0 Å². The van der Waals surface area contributed by atoms with Gasteiger partial charge < -0.3 is 0 Å². The Bertz CT molecular complexity index is 177. The number of nitrogens with one attached hydrogen (secondary N) is 1. The summed E-state index contributed by atoms with van der Waals surface area (Å²) in [5.74, 6) is 0. The maximum Gasteiger partial charge on any atom is 0.0974 e. The van der Waals surface area contributed by atoms with Crippen molar-refractivity contribution < 1.29 is 0 Å². The van der Waals surface area contributed by atoms with Gasteiger partial charge in [0, 0.05) is 32.2 Å². The first-order chi connectivity index (χ1) is 6.24. The molecular formula is C9H18N4. The van der Waals surface area contributed by atoms with Gasteiger partial charge in [-0.05, 0) is 13.8 Å². The van der Waals surface area contributed by atoms with Gasteiger partial charge in [0.05, 0.1) is 12.6 Å². The van der Waals surface area contributed by atoms with Crippen molar-refractivity contribution in [1.29, 1.82) is 5.26 Å². The fourth-order valence-electron chi connectivity index (χ4n) is 1.54. The van der Waals surface area contributed by atoms with Gasteiger partial charge in [-0.25, -0.2) is 10.4 Å². The van der Waals surface area contributed by atoms with Crippen molar-refractivity contribution in [2.24, 2.45) is 0 Å². The molecule has 1 saturated heterocycles. The topological polar surface area (TPSA) is 42.3 Å². The van der Waals surface area contributed by atoms with Crippen molar-refractivity contribution >= 4 is 0 Å². The molecule has 13 heavy (non-hydrogen) atoms. The van der Waals surface area contributed by atoms with Crippen LogP contribution in [0.25, 0.3) is 0 Å². The molecule has 1 aliphatic heterocycles. The molecule has 0 amide bonds. The van der Waals surface area contributed by atoms with Crippen LogP contribution in [0.4, 0.5) is 0 Å². The molecule has 74 valence electrons. The summed E-state index contributed by atoms with van der Waals surface area (Å²) in [5, 5.41) is 10.5. The predicted molar refractivity (Wildman–Crippen MR) is 51.9 cm³/mol. The Labute approximate surface area is 80.1 Å². The Kier molecular flexibility index (Phi) is 4.16. The first kappa shape index (κ1) is 10.5. The lowest BCUT2D eigenvalue weighted by molar-refractivity contribution is 0.0767. The molecule has 0 spiro atoms. The van der Waals surface area contributed by atoms with Gasteiger partial charge in [-0.1, -0.05) is 0 Å². The lowest BCUT2D eigenvalue weighted by Crippen LogP contribution is -2.53. The third-order valence-electron chi connectivity index (χ3n) is 2.43. The quantitative estimate of drug-likeness (QED) is 0.626. The molecule has 1 N–H and O–H groups in total. The molecule has 1 fully saturated rings. The molecule has 0 unspecified atom stereocenters. The van der Waals surface area contributed by atoms with Gasteiger partial charge in [0.15, 0.2) is 0 Å². The van der Waals surface area contributed by atoms with E-state index in [1.807, 2.05) is 0 Å². The van der Waals surface area contributed by atoms with E-state index in [4.69, 9.17) is 5.26 Å². The first-order valence-corrected chi connectivity index (χ1v) is 4.83. The number of hydrogen-bond donors (Lipinski definition) is 1. The smallest absolute Gasteiger partial charge is 0.0974 e. The SMILES string of the molecule is CC(C)N1CCN(NCC#N)CC1. The van der Waals surface area contributed by atoms with Crippen molar-refractivity contribution in [2.45, 2.75) is 19.9 Å². The minimum absolute atomic E-state index is 0.418. The van der Waals surface area contributed by atoms with E-state index in [1.165, 1.54) is 0 Å². The number of hydrazine groups is 1. The van der Waals surface area contributed by atoms with Crippen LogP contribution >= 0.6 is 0 Å². The summed E-state index contributed by atoms with van der Waals surface area (Å²) in [6.07, 6.45) is 0. The van der Waals surface area contributed by atoms with E-state index in [1.54, 1.807) is 0 Å². The third kappa shape index (κ3) is 3.31.